The van der Waals surface area contributed by atoms with Crippen molar-refractivity contribution in [1.82, 2.24) is 5.32 Å². The molecule has 1 aliphatic carbocycles. The van der Waals surface area contributed by atoms with Gasteiger partial charge in [-0.05, 0) is 49.1 Å². The van der Waals surface area contributed by atoms with Crippen LogP contribution in [0.25, 0.3) is 0 Å². The van der Waals surface area contributed by atoms with Crippen molar-refractivity contribution in [2.24, 2.45) is 5.92 Å². The van der Waals surface area contributed by atoms with Crippen LogP contribution in [-0.2, 0) is 0 Å². The number of hydrogen-bond acceptors (Lipinski definition) is 1. The number of rotatable bonds is 6. The van der Waals surface area contributed by atoms with E-state index in [2.05, 4.69) is 12.2 Å². The Morgan fingerprint density at radius 3 is 2.68 bits per heavy atom. The Labute approximate surface area is 126 Å². The van der Waals surface area contributed by atoms with Crippen molar-refractivity contribution in [3.8, 4) is 0 Å². The number of halogens is 2. The van der Waals surface area contributed by atoms with Gasteiger partial charge in [0.1, 0.15) is 0 Å². The summed E-state index contributed by atoms with van der Waals surface area (Å²) in [6.07, 6.45) is 8.08. The van der Waals surface area contributed by atoms with Gasteiger partial charge in [0.25, 0.3) is 0 Å². The SMILES string of the molecule is CCNC(CCC1CCCC1)c1cc(Cl)ccc1Cl. The molecule has 0 heterocycles. The Kier molecular flexibility index (Phi) is 6.00. The Morgan fingerprint density at radius 2 is 2.00 bits per heavy atom. The maximum atomic E-state index is 6.32. The fourth-order valence-corrected chi connectivity index (χ4v) is 3.53. The maximum Gasteiger partial charge on any atom is 0.0454 e. The standard InChI is InChI=1S/C16H23Cl2N/c1-2-19-16(10-7-12-5-3-4-6-12)14-11-13(17)8-9-15(14)18/h8-9,11-12,16,19H,2-7,10H2,1H3. The molecule has 1 nitrogen and oxygen atoms in total. The van der Waals surface area contributed by atoms with Gasteiger partial charge in [0.15, 0.2) is 0 Å². The Bertz CT molecular complexity index is 400. The third-order valence-electron chi connectivity index (χ3n) is 4.12. The minimum absolute atomic E-state index is 0.330. The zero-order valence-electron chi connectivity index (χ0n) is 11.6. The molecule has 1 fully saturated rings. The van der Waals surface area contributed by atoms with E-state index in [1.807, 2.05) is 18.2 Å². The summed E-state index contributed by atoms with van der Waals surface area (Å²) in [5.41, 5.74) is 1.15. The molecule has 1 atom stereocenters. The van der Waals surface area contributed by atoms with E-state index < -0.39 is 0 Å². The van der Waals surface area contributed by atoms with Crippen LogP contribution in [0.15, 0.2) is 18.2 Å². The van der Waals surface area contributed by atoms with E-state index in [-0.39, 0.29) is 0 Å². The second-order valence-corrected chi connectivity index (χ2v) is 6.35. The molecule has 2 rings (SSSR count). The van der Waals surface area contributed by atoms with Crippen LogP contribution in [0.5, 0.6) is 0 Å². The molecule has 0 amide bonds. The second-order valence-electron chi connectivity index (χ2n) is 5.50. The minimum Gasteiger partial charge on any atom is -0.310 e. The van der Waals surface area contributed by atoms with E-state index in [0.717, 1.165) is 34.5 Å². The van der Waals surface area contributed by atoms with Crippen LogP contribution < -0.4 is 5.32 Å². The molecule has 1 saturated carbocycles. The topological polar surface area (TPSA) is 12.0 Å². The molecule has 0 bridgehead atoms. The minimum atomic E-state index is 0.330. The van der Waals surface area contributed by atoms with Gasteiger partial charge < -0.3 is 5.32 Å². The highest BCUT2D eigenvalue weighted by molar-refractivity contribution is 6.33. The van der Waals surface area contributed by atoms with E-state index in [1.54, 1.807) is 0 Å². The van der Waals surface area contributed by atoms with E-state index in [0.29, 0.717) is 6.04 Å². The summed E-state index contributed by atoms with van der Waals surface area (Å²) in [6.45, 7) is 3.10. The molecule has 0 aliphatic heterocycles. The number of nitrogens with one attached hydrogen (secondary N) is 1. The van der Waals surface area contributed by atoms with Crippen LogP contribution in [0.1, 0.15) is 57.1 Å². The highest BCUT2D eigenvalue weighted by Crippen LogP contribution is 2.34. The molecule has 106 valence electrons. The summed E-state index contributed by atoms with van der Waals surface area (Å²) < 4.78 is 0. The summed E-state index contributed by atoms with van der Waals surface area (Å²) in [7, 11) is 0. The van der Waals surface area contributed by atoms with Crippen molar-refractivity contribution >= 4 is 23.2 Å². The third-order valence-corrected chi connectivity index (χ3v) is 4.70. The molecule has 19 heavy (non-hydrogen) atoms. The van der Waals surface area contributed by atoms with E-state index in [9.17, 15) is 0 Å². The summed E-state index contributed by atoms with van der Waals surface area (Å²) in [6, 6.07) is 6.09. The van der Waals surface area contributed by atoms with Gasteiger partial charge in [-0.2, -0.15) is 0 Å². The highest BCUT2D eigenvalue weighted by atomic mass is 35.5. The van der Waals surface area contributed by atoms with Crippen LogP contribution in [0.4, 0.5) is 0 Å². The summed E-state index contributed by atoms with van der Waals surface area (Å²) in [5, 5.41) is 5.14. The highest BCUT2D eigenvalue weighted by Gasteiger charge is 2.19. The molecule has 1 unspecified atom stereocenters. The molecular weight excluding hydrogens is 277 g/mol. The average molecular weight is 300 g/mol. The summed E-state index contributed by atoms with van der Waals surface area (Å²) >= 11 is 12.4. The number of hydrogen-bond donors (Lipinski definition) is 1. The zero-order valence-corrected chi connectivity index (χ0v) is 13.1. The van der Waals surface area contributed by atoms with Gasteiger partial charge in [-0.15, -0.1) is 0 Å². The summed E-state index contributed by atoms with van der Waals surface area (Å²) in [4.78, 5) is 0. The quantitative estimate of drug-likeness (QED) is 0.719. The van der Waals surface area contributed by atoms with Crippen LogP contribution in [0.3, 0.4) is 0 Å². The molecule has 1 N–H and O–H groups in total. The van der Waals surface area contributed by atoms with Crippen molar-refractivity contribution in [2.45, 2.75) is 51.5 Å². The molecular formula is C16H23Cl2N. The molecule has 0 radical (unpaired) electrons. The lowest BCUT2D eigenvalue weighted by atomic mass is 9.94. The van der Waals surface area contributed by atoms with E-state index in [4.69, 9.17) is 23.2 Å². The van der Waals surface area contributed by atoms with Gasteiger partial charge in [0, 0.05) is 16.1 Å². The summed E-state index contributed by atoms with van der Waals surface area (Å²) in [5.74, 6) is 0.916. The van der Waals surface area contributed by atoms with Crippen molar-refractivity contribution in [1.29, 1.82) is 0 Å². The van der Waals surface area contributed by atoms with Crippen molar-refractivity contribution in [3.63, 3.8) is 0 Å². The first kappa shape index (κ1) is 15.2. The Morgan fingerprint density at radius 1 is 1.26 bits per heavy atom. The van der Waals surface area contributed by atoms with Crippen LogP contribution in [-0.4, -0.2) is 6.54 Å². The smallest absolute Gasteiger partial charge is 0.0454 e. The third kappa shape index (κ3) is 4.37. The van der Waals surface area contributed by atoms with Gasteiger partial charge in [-0.1, -0.05) is 55.8 Å². The van der Waals surface area contributed by atoms with Crippen LogP contribution in [0.2, 0.25) is 10.0 Å². The molecule has 1 aromatic carbocycles. The normalized spacial score (nSPS) is 17.8. The lowest BCUT2D eigenvalue weighted by molar-refractivity contribution is 0.417. The fraction of sp³-hybridized carbons (Fsp3) is 0.625. The maximum absolute atomic E-state index is 6.32. The monoisotopic (exact) mass is 299 g/mol. The first-order valence-electron chi connectivity index (χ1n) is 7.39. The molecule has 0 saturated heterocycles. The van der Waals surface area contributed by atoms with Crippen molar-refractivity contribution in [3.05, 3.63) is 33.8 Å². The lowest BCUT2D eigenvalue weighted by Gasteiger charge is -2.21. The Balaban J connectivity index is 2.03. The predicted octanol–water partition coefficient (Wildman–Crippen LogP) is 5.61. The van der Waals surface area contributed by atoms with Crippen molar-refractivity contribution in [2.75, 3.05) is 6.54 Å². The first-order valence-corrected chi connectivity index (χ1v) is 8.14. The second kappa shape index (κ2) is 7.52. The predicted molar refractivity (Wildman–Crippen MR) is 84.1 cm³/mol. The zero-order chi connectivity index (χ0) is 13.7. The lowest BCUT2D eigenvalue weighted by Crippen LogP contribution is -2.22. The molecule has 0 aromatic heterocycles. The molecule has 1 aliphatic rings. The molecule has 1 aromatic rings. The molecule has 0 spiro atoms. The van der Waals surface area contributed by atoms with Crippen LogP contribution >= 0.6 is 23.2 Å². The van der Waals surface area contributed by atoms with Gasteiger partial charge >= 0.3 is 0 Å². The largest absolute Gasteiger partial charge is 0.310 e. The number of benzene rings is 1. The van der Waals surface area contributed by atoms with Gasteiger partial charge in [0.2, 0.25) is 0 Å². The Hall–Kier alpha value is -0.240. The van der Waals surface area contributed by atoms with Gasteiger partial charge in [-0.3, -0.25) is 0 Å². The fourth-order valence-electron chi connectivity index (χ4n) is 3.10. The van der Waals surface area contributed by atoms with Gasteiger partial charge in [0.05, 0.1) is 0 Å². The van der Waals surface area contributed by atoms with Crippen LogP contribution in [0, 0.1) is 5.92 Å². The average Bonchev–Trinajstić information content (AvgIpc) is 2.91. The van der Waals surface area contributed by atoms with Crippen molar-refractivity contribution < 1.29 is 0 Å². The van der Waals surface area contributed by atoms with Gasteiger partial charge in [-0.25, -0.2) is 0 Å². The van der Waals surface area contributed by atoms with E-state index in [1.165, 1.54) is 32.1 Å². The first-order chi connectivity index (χ1) is 9.20. The molecule has 3 heteroatoms. The van der Waals surface area contributed by atoms with E-state index >= 15 is 0 Å².